The number of nitrogens with one attached hydrogen (secondary N) is 2. The summed E-state index contributed by atoms with van der Waals surface area (Å²) in [5.74, 6) is 1.60. The molecular formula is C15H28IN5S. The van der Waals surface area contributed by atoms with E-state index in [1.54, 1.807) is 11.3 Å². The molecule has 0 saturated carbocycles. The first-order chi connectivity index (χ1) is 10.2. The lowest BCUT2D eigenvalue weighted by atomic mass is 10.1. The maximum atomic E-state index is 4.42. The Labute approximate surface area is 155 Å². The number of likely N-dealkylation sites (tertiary alicyclic amines) is 1. The van der Waals surface area contributed by atoms with Crippen LogP contribution in [-0.4, -0.2) is 49.1 Å². The third-order valence-corrected chi connectivity index (χ3v) is 5.10. The van der Waals surface area contributed by atoms with E-state index in [-0.39, 0.29) is 24.0 Å². The van der Waals surface area contributed by atoms with Gasteiger partial charge >= 0.3 is 0 Å². The van der Waals surface area contributed by atoms with Gasteiger partial charge in [0.25, 0.3) is 0 Å². The Hall–Kier alpha value is -0.410. The third-order valence-electron chi connectivity index (χ3n) is 3.96. The van der Waals surface area contributed by atoms with Crippen molar-refractivity contribution in [2.75, 3.05) is 33.2 Å². The van der Waals surface area contributed by atoms with Gasteiger partial charge in [-0.2, -0.15) is 0 Å². The molecule has 1 aromatic rings. The lowest BCUT2D eigenvalue weighted by Gasteiger charge is -2.16. The zero-order valence-corrected chi connectivity index (χ0v) is 16.9. The number of guanidine groups is 1. The summed E-state index contributed by atoms with van der Waals surface area (Å²) in [6.07, 6.45) is 4.31. The predicted octanol–water partition coefficient (Wildman–Crippen LogP) is 2.33. The molecule has 1 atom stereocenters. The number of aromatic nitrogens is 1. The van der Waals surface area contributed by atoms with Crippen LogP contribution in [0.25, 0.3) is 0 Å². The van der Waals surface area contributed by atoms with Crippen molar-refractivity contribution >= 4 is 41.3 Å². The van der Waals surface area contributed by atoms with Crippen LogP contribution in [-0.2, 0) is 13.0 Å². The second-order valence-corrected chi connectivity index (χ2v) is 6.63. The van der Waals surface area contributed by atoms with Crippen LogP contribution in [0.5, 0.6) is 0 Å². The van der Waals surface area contributed by atoms with Crippen molar-refractivity contribution in [2.24, 2.45) is 10.9 Å². The van der Waals surface area contributed by atoms with Gasteiger partial charge in [-0.05, 0) is 31.8 Å². The summed E-state index contributed by atoms with van der Waals surface area (Å²) in [5.41, 5.74) is 0. The van der Waals surface area contributed by atoms with Gasteiger partial charge in [0.15, 0.2) is 5.96 Å². The molecule has 0 radical (unpaired) electrons. The summed E-state index contributed by atoms with van der Waals surface area (Å²) >= 11 is 1.77. The van der Waals surface area contributed by atoms with Crippen molar-refractivity contribution in [2.45, 2.75) is 33.2 Å². The lowest BCUT2D eigenvalue weighted by molar-refractivity contribution is 0.342. The number of aliphatic imine (C=N–C) groups is 1. The van der Waals surface area contributed by atoms with E-state index in [9.17, 15) is 0 Å². The highest BCUT2D eigenvalue weighted by atomic mass is 127. The minimum absolute atomic E-state index is 0. The van der Waals surface area contributed by atoms with E-state index in [1.807, 2.05) is 13.2 Å². The van der Waals surface area contributed by atoms with Crippen LogP contribution in [0.3, 0.4) is 0 Å². The predicted molar refractivity (Wildman–Crippen MR) is 105 cm³/mol. The fraction of sp³-hybridized carbons (Fsp3) is 0.733. The molecule has 1 aliphatic heterocycles. The van der Waals surface area contributed by atoms with Crippen molar-refractivity contribution < 1.29 is 0 Å². The molecule has 22 heavy (non-hydrogen) atoms. The van der Waals surface area contributed by atoms with Crippen molar-refractivity contribution in [3.63, 3.8) is 0 Å². The fourth-order valence-corrected chi connectivity index (χ4v) is 3.38. The molecule has 1 aromatic heterocycles. The Morgan fingerprint density at radius 3 is 2.86 bits per heavy atom. The molecule has 126 valence electrons. The average molecular weight is 437 g/mol. The van der Waals surface area contributed by atoms with Crippen molar-refractivity contribution in [1.29, 1.82) is 0 Å². The van der Waals surface area contributed by atoms with Gasteiger partial charge in [0.1, 0.15) is 5.01 Å². The van der Waals surface area contributed by atoms with Gasteiger partial charge in [-0.15, -0.1) is 35.3 Å². The van der Waals surface area contributed by atoms with Crippen LogP contribution >= 0.6 is 35.3 Å². The molecular weight excluding hydrogens is 409 g/mol. The summed E-state index contributed by atoms with van der Waals surface area (Å²) in [4.78, 5) is 12.5. The van der Waals surface area contributed by atoms with Gasteiger partial charge in [-0.3, -0.25) is 4.99 Å². The molecule has 2 N–H and O–H groups in total. The van der Waals surface area contributed by atoms with E-state index in [0.717, 1.165) is 42.9 Å². The van der Waals surface area contributed by atoms with Gasteiger partial charge in [0, 0.05) is 31.2 Å². The Kier molecular flexibility index (Phi) is 9.27. The number of aryl methyl sites for hydroxylation is 1. The zero-order valence-electron chi connectivity index (χ0n) is 13.8. The largest absolute Gasteiger partial charge is 0.356 e. The summed E-state index contributed by atoms with van der Waals surface area (Å²) in [7, 11) is 1.82. The number of hydrogen-bond acceptors (Lipinski definition) is 4. The molecule has 0 aliphatic carbocycles. The second-order valence-electron chi connectivity index (χ2n) is 5.43. The second kappa shape index (κ2) is 10.4. The number of thiazole rings is 1. The molecule has 1 unspecified atom stereocenters. The first-order valence-electron chi connectivity index (χ1n) is 7.85. The smallest absolute Gasteiger partial charge is 0.191 e. The number of nitrogens with zero attached hydrogens (tertiary/aromatic N) is 3. The minimum atomic E-state index is 0. The maximum absolute atomic E-state index is 4.42. The Balaban J connectivity index is 0.00000242. The van der Waals surface area contributed by atoms with Crippen LogP contribution in [0, 0.1) is 5.92 Å². The molecule has 0 aromatic carbocycles. The number of rotatable bonds is 6. The molecule has 2 rings (SSSR count). The van der Waals surface area contributed by atoms with E-state index in [2.05, 4.69) is 39.4 Å². The highest BCUT2D eigenvalue weighted by Crippen LogP contribution is 2.14. The summed E-state index contributed by atoms with van der Waals surface area (Å²) in [5, 5.41) is 7.90. The highest BCUT2D eigenvalue weighted by Gasteiger charge is 2.20. The number of hydrogen-bond donors (Lipinski definition) is 2. The van der Waals surface area contributed by atoms with Crippen LogP contribution in [0.4, 0.5) is 0 Å². The molecule has 2 heterocycles. The average Bonchev–Trinajstić information content (AvgIpc) is 3.16. The minimum Gasteiger partial charge on any atom is -0.356 e. The SMILES string of the molecule is CCc1cnc(CNC(=NC)NCC2CCN(CC)C2)s1.I. The zero-order chi connectivity index (χ0) is 15.1. The molecule has 1 saturated heterocycles. The topological polar surface area (TPSA) is 52.6 Å². The Morgan fingerprint density at radius 2 is 2.27 bits per heavy atom. The molecule has 0 bridgehead atoms. The van der Waals surface area contributed by atoms with Crippen molar-refractivity contribution in [3.8, 4) is 0 Å². The molecule has 1 aliphatic rings. The van der Waals surface area contributed by atoms with E-state index >= 15 is 0 Å². The lowest BCUT2D eigenvalue weighted by Crippen LogP contribution is -2.39. The van der Waals surface area contributed by atoms with Crippen molar-refractivity contribution in [3.05, 3.63) is 16.1 Å². The van der Waals surface area contributed by atoms with E-state index in [4.69, 9.17) is 0 Å². The summed E-state index contributed by atoms with van der Waals surface area (Å²) in [6, 6.07) is 0. The van der Waals surface area contributed by atoms with E-state index < -0.39 is 0 Å². The van der Waals surface area contributed by atoms with Crippen LogP contribution in [0.1, 0.15) is 30.2 Å². The Morgan fingerprint density at radius 1 is 1.45 bits per heavy atom. The third kappa shape index (κ3) is 6.00. The van der Waals surface area contributed by atoms with Gasteiger partial charge in [0.2, 0.25) is 0 Å². The molecule has 5 nitrogen and oxygen atoms in total. The van der Waals surface area contributed by atoms with Crippen molar-refractivity contribution in [1.82, 2.24) is 20.5 Å². The maximum Gasteiger partial charge on any atom is 0.191 e. The first kappa shape index (κ1) is 19.6. The highest BCUT2D eigenvalue weighted by molar-refractivity contribution is 14.0. The summed E-state index contributed by atoms with van der Waals surface area (Å²) in [6.45, 7) is 9.72. The molecule has 1 fully saturated rings. The molecule has 0 amide bonds. The number of halogens is 1. The van der Waals surface area contributed by atoms with E-state index in [1.165, 1.54) is 24.4 Å². The molecule has 7 heteroatoms. The van der Waals surface area contributed by atoms with E-state index in [0.29, 0.717) is 0 Å². The quantitative estimate of drug-likeness (QED) is 0.408. The van der Waals surface area contributed by atoms with Crippen LogP contribution in [0.15, 0.2) is 11.2 Å². The van der Waals surface area contributed by atoms with Gasteiger partial charge in [-0.1, -0.05) is 13.8 Å². The van der Waals surface area contributed by atoms with Gasteiger partial charge in [0.05, 0.1) is 6.54 Å². The normalized spacial score (nSPS) is 19.0. The molecule has 0 spiro atoms. The first-order valence-corrected chi connectivity index (χ1v) is 8.67. The van der Waals surface area contributed by atoms with Crippen LogP contribution < -0.4 is 10.6 Å². The fourth-order valence-electron chi connectivity index (χ4n) is 2.58. The summed E-state index contributed by atoms with van der Waals surface area (Å²) < 4.78 is 0. The van der Waals surface area contributed by atoms with Crippen LogP contribution in [0.2, 0.25) is 0 Å². The monoisotopic (exact) mass is 437 g/mol. The Bertz CT molecular complexity index is 463. The van der Waals surface area contributed by atoms with Gasteiger partial charge < -0.3 is 15.5 Å². The van der Waals surface area contributed by atoms with Gasteiger partial charge in [-0.25, -0.2) is 4.98 Å². The standard InChI is InChI=1S/C15H27N5S.HI/c1-4-13-9-17-14(21-13)10-19-15(16-3)18-8-12-6-7-20(5-2)11-12;/h9,12H,4-8,10-11H2,1-3H3,(H2,16,18,19);1H.